The van der Waals surface area contributed by atoms with Crippen LogP contribution in [0.4, 0.5) is 0 Å². The van der Waals surface area contributed by atoms with Crippen LogP contribution in [0.15, 0.2) is 18.3 Å². The van der Waals surface area contributed by atoms with Crippen molar-refractivity contribution in [1.82, 2.24) is 4.98 Å². The minimum Gasteiger partial charge on any atom is -0.474 e. The second-order valence-corrected chi connectivity index (χ2v) is 2.75. The average molecular weight is 175 g/mol. The average Bonchev–Trinajstić information content (AvgIpc) is 2.96. The van der Waals surface area contributed by atoms with Crippen LogP contribution in [0.5, 0.6) is 5.88 Å². The van der Waals surface area contributed by atoms with E-state index in [2.05, 4.69) is 4.98 Å². The highest BCUT2D eigenvalue weighted by atomic mass is 16.5. The van der Waals surface area contributed by atoms with Gasteiger partial charge in [-0.3, -0.25) is 0 Å². The van der Waals surface area contributed by atoms with Gasteiger partial charge in [0.2, 0.25) is 5.88 Å². The Balaban J connectivity index is 0.000000396. The second kappa shape index (κ2) is 4.90. The van der Waals surface area contributed by atoms with Crippen molar-refractivity contribution >= 4 is 13.3 Å². The molecule has 0 N–H and O–H groups in total. The molecule has 0 amide bonds. The van der Waals surface area contributed by atoms with Crippen molar-refractivity contribution in [3.63, 3.8) is 0 Å². The summed E-state index contributed by atoms with van der Waals surface area (Å²) in [6.45, 7) is 4.00. The Bertz CT molecular complexity index is 244. The first-order chi connectivity index (χ1) is 6.34. The van der Waals surface area contributed by atoms with Crippen LogP contribution in [0.25, 0.3) is 0 Å². The zero-order chi connectivity index (χ0) is 9.68. The summed E-state index contributed by atoms with van der Waals surface area (Å²) in [5, 5.41) is 0. The fourth-order valence-electron chi connectivity index (χ4n) is 0.818. The highest BCUT2D eigenvalue weighted by Crippen LogP contribution is 2.24. The molecule has 0 atom stereocenters. The molecule has 2 radical (unpaired) electrons. The van der Waals surface area contributed by atoms with Crippen LogP contribution >= 0.6 is 0 Å². The number of aromatic nitrogens is 1. The van der Waals surface area contributed by atoms with Gasteiger partial charge in [-0.2, -0.15) is 0 Å². The van der Waals surface area contributed by atoms with E-state index in [1.807, 2.05) is 13.8 Å². The molecule has 0 spiro atoms. The van der Waals surface area contributed by atoms with E-state index in [1.54, 1.807) is 18.3 Å². The highest BCUT2D eigenvalue weighted by molar-refractivity contribution is 6.32. The van der Waals surface area contributed by atoms with Gasteiger partial charge in [-0.1, -0.05) is 25.4 Å². The van der Waals surface area contributed by atoms with Crippen molar-refractivity contribution in [3.05, 3.63) is 18.3 Å². The maximum Gasteiger partial charge on any atom is 0.213 e. The molecule has 68 valence electrons. The Morgan fingerprint density at radius 2 is 2.08 bits per heavy atom. The topological polar surface area (TPSA) is 22.1 Å². The van der Waals surface area contributed by atoms with E-state index in [9.17, 15) is 0 Å². The van der Waals surface area contributed by atoms with Crippen molar-refractivity contribution in [1.29, 1.82) is 0 Å². The first-order valence-electron chi connectivity index (χ1n) is 4.73. The molecule has 1 heterocycles. The SMILES string of the molecule is CC.[B]c1ccc(OC2CC2)nc1. The molecule has 0 aliphatic heterocycles. The summed E-state index contributed by atoms with van der Waals surface area (Å²) in [5.41, 5.74) is 0.674. The number of rotatable bonds is 2. The van der Waals surface area contributed by atoms with Crippen molar-refractivity contribution in [3.8, 4) is 5.88 Å². The molecule has 0 unspecified atom stereocenters. The van der Waals surface area contributed by atoms with Gasteiger partial charge in [0.15, 0.2) is 0 Å². The number of hydrogen-bond acceptors (Lipinski definition) is 2. The normalized spacial score (nSPS) is 14.3. The van der Waals surface area contributed by atoms with Crippen molar-refractivity contribution in [2.45, 2.75) is 32.8 Å². The van der Waals surface area contributed by atoms with Gasteiger partial charge >= 0.3 is 0 Å². The molecule has 1 aromatic rings. The van der Waals surface area contributed by atoms with Gasteiger partial charge in [0.05, 0.1) is 0 Å². The van der Waals surface area contributed by atoms with E-state index in [4.69, 9.17) is 12.6 Å². The molecule has 2 nitrogen and oxygen atoms in total. The molecular weight excluding hydrogens is 161 g/mol. The number of hydrogen-bond donors (Lipinski definition) is 0. The lowest BCUT2D eigenvalue weighted by atomic mass is 9.99. The smallest absolute Gasteiger partial charge is 0.213 e. The van der Waals surface area contributed by atoms with Gasteiger partial charge < -0.3 is 4.74 Å². The highest BCUT2D eigenvalue weighted by Gasteiger charge is 2.23. The van der Waals surface area contributed by atoms with Gasteiger partial charge in [0.1, 0.15) is 14.0 Å². The van der Waals surface area contributed by atoms with Crippen molar-refractivity contribution in [2.24, 2.45) is 0 Å². The maximum absolute atomic E-state index is 5.46. The summed E-state index contributed by atoms with van der Waals surface area (Å²) in [7, 11) is 5.46. The minimum absolute atomic E-state index is 0.408. The van der Waals surface area contributed by atoms with Gasteiger partial charge in [-0.25, -0.2) is 4.98 Å². The lowest BCUT2D eigenvalue weighted by Crippen LogP contribution is -2.04. The standard InChI is InChI=1S/C8H8BNO.C2H6/c9-6-1-4-8(10-5-6)11-7-2-3-7;1-2/h1,4-5,7H,2-3H2;1-2H3. The van der Waals surface area contributed by atoms with E-state index in [0.29, 0.717) is 17.4 Å². The Labute approximate surface area is 80.7 Å². The third kappa shape index (κ3) is 3.49. The van der Waals surface area contributed by atoms with E-state index in [1.165, 1.54) is 0 Å². The lowest BCUT2D eigenvalue weighted by Gasteiger charge is -2.01. The molecule has 0 bridgehead atoms. The van der Waals surface area contributed by atoms with E-state index in [-0.39, 0.29) is 0 Å². The first-order valence-corrected chi connectivity index (χ1v) is 4.73. The monoisotopic (exact) mass is 175 g/mol. The Morgan fingerprint density at radius 3 is 2.54 bits per heavy atom. The van der Waals surface area contributed by atoms with Crippen LogP contribution < -0.4 is 10.2 Å². The molecule has 13 heavy (non-hydrogen) atoms. The number of pyridine rings is 1. The predicted molar refractivity (Wildman–Crippen MR) is 54.6 cm³/mol. The fraction of sp³-hybridized carbons (Fsp3) is 0.500. The van der Waals surface area contributed by atoms with Crippen LogP contribution in [0.1, 0.15) is 26.7 Å². The van der Waals surface area contributed by atoms with Crippen LogP contribution in [0.2, 0.25) is 0 Å². The summed E-state index contributed by atoms with van der Waals surface area (Å²) < 4.78 is 5.41. The fourth-order valence-corrected chi connectivity index (χ4v) is 0.818. The molecule has 0 aromatic carbocycles. The predicted octanol–water partition coefficient (Wildman–Crippen LogP) is 1.44. The Kier molecular flexibility index (Phi) is 3.81. The largest absolute Gasteiger partial charge is 0.474 e. The molecule has 1 saturated carbocycles. The summed E-state index contributed by atoms with van der Waals surface area (Å²) >= 11 is 0. The molecular formula is C10H14BNO. The Morgan fingerprint density at radius 1 is 1.38 bits per heavy atom. The van der Waals surface area contributed by atoms with Crippen molar-refractivity contribution in [2.75, 3.05) is 0 Å². The van der Waals surface area contributed by atoms with Crippen LogP contribution in [0, 0.1) is 0 Å². The first kappa shape index (κ1) is 10.1. The van der Waals surface area contributed by atoms with E-state index in [0.717, 1.165) is 12.8 Å². The van der Waals surface area contributed by atoms with Gasteiger partial charge in [-0.15, -0.1) is 0 Å². The van der Waals surface area contributed by atoms with Gasteiger partial charge in [-0.05, 0) is 18.9 Å². The molecule has 3 heteroatoms. The molecule has 1 fully saturated rings. The Hall–Kier alpha value is -0.985. The number of ether oxygens (including phenoxy) is 1. The van der Waals surface area contributed by atoms with Crippen molar-refractivity contribution < 1.29 is 4.74 Å². The molecule has 1 aliphatic rings. The second-order valence-electron chi connectivity index (χ2n) is 2.75. The van der Waals surface area contributed by atoms with Gasteiger partial charge in [0.25, 0.3) is 0 Å². The lowest BCUT2D eigenvalue weighted by molar-refractivity contribution is 0.291. The zero-order valence-electron chi connectivity index (χ0n) is 8.16. The summed E-state index contributed by atoms with van der Waals surface area (Å²) in [6, 6.07) is 3.60. The molecule has 2 rings (SSSR count). The zero-order valence-corrected chi connectivity index (χ0v) is 8.16. The number of nitrogens with zero attached hydrogens (tertiary/aromatic N) is 1. The summed E-state index contributed by atoms with van der Waals surface area (Å²) in [5.74, 6) is 0.682. The third-order valence-corrected chi connectivity index (χ3v) is 1.57. The van der Waals surface area contributed by atoms with Gasteiger partial charge in [0, 0.05) is 6.20 Å². The van der Waals surface area contributed by atoms with E-state index < -0.39 is 0 Å². The van der Waals surface area contributed by atoms with Crippen LogP contribution in [-0.4, -0.2) is 18.9 Å². The summed E-state index contributed by atoms with van der Waals surface area (Å²) in [6.07, 6.45) is 4.33. The minimum atomic E-state index is 0.408. The molecule has 1 aliphatic carbocycles. The summed E-state index contributed by atoms with van der Waals surface area (Å²) in [4.78, 5) is 4.01. The molecule has 1 aromatic heterocycles. The third-order valence-electron chi connectivity index (χ3n) is 1.57. The maximum atomic E-state index is 5.46. The van der Waals surface area contributed by atoms with E-state index >= 15 is 0 Å². The molecule has 0 saturated heterocycles. The van der Waals surface area contributed by atoms with Crippen LogP contribution in [0.3, 0.4) is 0 Å². The van der Waals surface area contributed by atoms with Crippen LogP contribution in [-0.2, 0) is 0 Å². The quantitative estimate of drug-likeness (QED) is 0.634.